The summed E-state index contributed by atoms with van der Waals surface area (Å²) in [5, 5.41) is 10.1. The Morgan fingerprint density at radius 1 is 0.919 bits per heavy atom. The van der Waals surface area contributed by atoms with E-state index in [1.165, 1.54) is 0 Å². The van der Waals surface area contributed by atoms with E-state index in [2.05, 4.69) is 36.2 Å². The zero-order valence-electron chi connectivity index (χ0n) is 20.4. The molecule has 0 aliphatic carbocycles. The maximum atomic E-state index is 9.48. The van der Waals surface area contributed by atoms with Gasteiger partial charge in [0.1, 0.15) is 5.15 Å². The minimum Gasteiger partial charge on any atom is -0.392 e. The molecule has 0 bridgehead atoms. The van der Waals surface area contributed by atoms with Crippen LogP contribution in [0.2, 0.25) is 10.3 Å². The highest BCUT2D eigenvalue weighted by molar-refractivity contribution is 6.40. The standard InChI is InChI=1S/C29H29Cl2N3O3/c1-18-25(15-34-17-33-27(30)28(34)31)36-29(37-26(18)21-10-8-19(16-35)9-11-21)24-7-3-6-23(13-24)22-5-2-4-20(12-22)14-32/h2-13,17-18,25-26,29,35H,14-16,32H2,1H3. The van der Waals surface area contributed by atoms with Crippen LogP contribution in [0, 0.1) is 5.92 Å². The molecule has 1 aliphatic rings. The quantitative estimate of drug-likeness (QED) is 0.289. The first-order valence-corrected chi connectivity index (χ1v) is 13.0. The number of benzene rings is 3. The van der Waals surface area contributed by atoms with E-state index in [0.29, 0.717) is 18.2 Å². The van der Waals surface area contributed by atoms with Crippen LogP contribution in [0.25, 0.3) is 11.1 Å². The second kappa shape index (κ2) is 11.4. The van der Waals surface area contributed by atoms with E-state index in [9.17, 15) is 5.11 Å². The first kappa shape index (κ1) is 25.9. The van der Waals surface area contributed by atoms with Crippen LogP contribution in [0.4, 0.5) is 0 Å². The number of halogens is 2. The molecular weight excluding hydrogens is 509 g/mol. The molecule has 1 fully saturated rings. The van der Waals surface area contributed by atoms with Gasteiger partial charge in [0.05, 0.1) is 31.7 Å². The summed E-state index contributed by atoms with van der Waals surface area (Å²) in [4.78, 5) is 4.12. The molecule has 1 aliphatic heterocycles. The average Bonchev–Trinajstić information content (AvgIpc) is 3.26. The van der Waals surface area contributed by atoms with Gasteiger partial charge in [0, 0.05) is 18.0 Å². The molecule has 0 saturated carbocycles. The molecule has 4 atom stereocenters. The summed E-state index contributed by atoms with van der Waals surface area (Å²) in [6.45, 7) is 3.06. The van der Waals surface area contributed by atoms with Gasteiger partial charge in [-0.1, -0.05) is 90.8 Å². The number of ether oxygens (including phenoxy) is 2. The van der Waals surface area contributed by atoms with Crippen LogP contribution in [0.15, 0.2) is 79.1 Å². The lowest BCUT2D eigenvalue weighted by molar-refractivity contribution is -0.276. The molecule has 3 N–H and O–H groups in total. The molecule has 2 heterocycles. The minimum atomic E-state index is -0.598. The van der Waals surface area contributed by atoms with Crippen molar-refractivity contribution in [1.29, 1.82) is 0 Å². The lowest BCUT2D eigenvalue weighted by atomic mass is 9.90. The van der Waals surface area contributed by atoms with Crippen LogP contribution < -0.4 is 5.73 Å². The predicted octanol–water partition coefficient (Wildman–Crippen LogP) is 6.30. The molecule has 4 aromatic rings. The van der Waals surface area contributed by atoms with Gasteiger partial charge in [-0.25, -0.2) is 4.98 Å². The van der Waals surface area contributed by atoms with Crippen molar-refractivity contribution >= 4 is 23.2 Å². The van der Waals surface area contributed by atoms with Crippen molar-refractivity contribution in [2.75, 3.05) is 0 Å². The number of nitrogens with two attached hydrogens (primary N) is 1. The summed E-state index contributed by atoms with van der Waals surface area (Å²) in [5.74, 6) is -0.00196. The number of aliphatic hydroxyl groups is 1. The van der Waals surface area contributed by atoms with Gasteiger partial charge in [0.15, 0.2) is 11.4 Å². The Kier molecular flexibility index (Phi) is 7.95. The molecule has 8 heteroatoms. The van der Waals surface area contributed by atoms with Gasteiger partial charge in [-0.15, -0.1) is 0 Å². The van der Waals surface area contributed by atoms with Crippen LogP contribution >= 0.6 is 23.2 Å². The van der Waals surface area contributed by atoms with Crippen molar-refractivity contribution in [3.05, 3.63) is 112 Å². The third kappa shape index (κ3) is 5.60. The molecule has 37 heavy (non-hydrogen) atoms. The monoisotopic (exact) mass is 537 g/mol. The predicted molar refractivity (Wildman–Crippen MR) is 145 cm³/mol. The van der Waals surface area contributed by atoms with Crippen LogP contribution in [-0.4, -0.2) is 20.8 Å². The van der Waals surface area contributed by atoms with Crippen LogP contribution in [0.1, 0.15) is 41.6 Å². The SMILES string of the molecule is CC1C(Cn2cnc(Cl)c2Cl)OC(c2cccc(-c3cccc(CN)c3)c2)OC1c1ccc(CO)cc1. The van der Waals surface area contributed by atoms with Gasteiger partial charge < -0.3 is 24.9 Å². The average molecular weight is 538 g/mol. The van der Waals surface area contributed by atoms with Gasteiger partial charge in [0.2, 0.25) is 0 Å². The summed E-state index contributed by atoms with van der Waals surface area (Å²) >= 11 is 12.5. The third-order valence-electron chi connectivity index (χ3n) is 6.89. The molecule has 0 radical (unpaired) electrons. The summed E-state index contributed by atoms with van der Waals surface area (Å²) in [5.41, 5.74) is 11.9. The molecule has 192 valence electrons. The number of aromatic nitrogens is 2. The highest BCUT2D eigenvalue weighted by Crippen LogP contribution is 2.43. The molecule has 0 amide bonds. The van der Waals surface area contributed by atoms with Crippen molar-refractivity contribution in [2.45, 2.75) is 45.1 Å². The minimum absolute atomic E-state index is 0.00196. The summed E-state index contributed by atoms with van der Waals surface area (Å²) in [7, 11) is 0. The van der Waals surface area contributed by atoms with E-state index >= 15 is 0 Å². The molecular formula is C29H29Cl2N3O3. The summed E-state index contributed by atoms with van der Waals surface area (Å²) in [6.07, 6.45) is 0.562. The molecule has 6 nitrogen and oxygen atoms in total. The van der Waals surface area contributed by atoms with Gasteiger partial charge in [0.25, 0.3) is 0 Å². The van der Waals surface area contributed by atoms with Gasteiger partial charge in [-0.3, -0.25) is 0 Å². The van der Waals surface area contributed by atoms with E-state index in [4.69, 9.17) is 38.4 Å². The maximum Gasteiger partial charge on any atom is 0.185 e. The van der Waals surface area contributed by atoms with Crippen molar-refractivity contribution in [1.82, 2.24) is 9.55 Å². The fourth-order valence-electron chi connectivity index (χ4n) is 4.73. The van der Waals surface area contributed by atoms with Crippen LogP contribution in [-0.2, 0) is 29.2 Å². The first-order chi connectivity index (χ1) is 18.0. The zero-order chi connectivity index (χ0) is 25.9. The van der Waals surface area contributed by atoms with Crippen molar-refractivity contribution in [3.8, 4) is 11.1 Å². The Morgan fingerprint density at radius 2 is 1.65 bits per heavy atom. The number of nitrogens with zero attached hydrogens (tertiary/aromatic N) is 2. The maximum absolute atomic E-state index is 9.48. The fourth-order valence-corrected chi connectivity index (χ4v) is 5.05. The Balaban J connectivity index is 1.48. The topological polar surface area (TPSA) is 82.5 Å². The molecule has 4 unspecified atom stereocenters. The van der Waals surface area contributed by atoms with Gasteiger partial charge >= 0.3 is 0 Å². The number of hydrogen-bond acceptors (Lipinski definition) is 5. The van der Waals surface area contributed by atoms with E-state index in [-0.39, 0.29) is 29.9 Å². The van der Waals surface area contributed by atoms with Crippen LogP contribution in [0.5, 0.6) is 0 Å². The Bertz CT molecular complexity index is 1360. The number of hydrogen-bond donors (Lipinski definition) is 2. The Labute approximate surface area is 226 Å². The lowest BCUT2D eigenvalue weighted by Crippen LogP contribution is -2.39. The number of rotatable bonds is 7. The van der Waals surface area contributed by atoms with Crippen molar-refractivity contribution in [3.63, 3.8) is 0 Å². The van der Waals surface area contributed by atoms with Crippen molar-refractivity contribution in [2.24, 2.45) is 11.7 Å². The number of imidazole rings is 1. The second-order valence-electron chi connectivity index (χ2n) is 9.33. The normalized spacial score (nSPS) is 21.8. The molecule has 1 saturated heterocycles. The molecule has 5 rings (SSSR count). The second-order valence-corrected chi connectivity index (χ2v) is 10.0. The molecule has 1 aromatic heterocycles. The first-order valence-electron chi connectivity index (χ1n) is 12.2. The molecule has 3 aromatic carbocycles. The van der Waals surface area contributed by atoms with E-state index in [0.717, 1.165) is 33.4 Å². The lowest BCUT2D eigenvalue weighted by Gasteiger charge is -2.41. The summed E-state index contributed by atoms with van der Waals surface area (Å²) < 4.78 is 14.9. The fraction of sp³-hybridized carbons (Fsp3) is 0.276. The third-order valence-corrected chi connectivity index (χ3v) is 7.66. The number of aliphatic hydroxyl groups excluding tert-OH is 1. The largest absolute Gasteiger partial charge is 0.392 e. The summed E-state index contributed by atoms with van der Waals surface area (Å²) in [6, 6.07) is 24.2. The van der Waals surface area contributed by atoms with E-state index < -0.39 is 6.29 Å². The molecule has 0 spiro atoms. The Morgan fingerprint density at radius 3 is 2.32 bits per heavy atom. The van der Waals surface area contributed by atoms with E-state index in [1.807, 2.05) is 48.5 Å². The van der Waals surface area contributed by atoms with Crippen molar-refractivity contribution < 1.29 is 14.6 Å². The highest BCUT2D eigenvalue weighted by atomic mass is 35.5. The van der Waals surface area contributed by atoms with E-state index in [1.54, 1.807) is 10.9 Å². The smallest absolute Gasteiger partial charge is 0.185 e. The van der Waals surface area contributed by atoms with Crippen LogP contribution in [0.3, 0.4) is 0 Å². The van der Waals surface area contributed by atoms with Gasteiger partial charge in [-0.2, -0.15) is 0 Å². The van der Waals surface area contributed by atoms with Gasteiger partial charge in [-0.05, 0) is 39.9 Å². The zero-order valence-corrected chi connectivity index (χ0v) is 21.9. The highest BCUT2D eigenvalue weighted by Gasteiger charge is 2.39. The Hall–Kier alpha value is -2.71.